The van der Waals surface area contributed by atoms with Crippen LogP contribution in [0.25, 0.3) is 0 Å². The molecule has 2 bridgehead atoms. The molecule has 3 nitrogen and oxygen atoms in total. The molecule has 1 aliphatic heterocycles. The summed E-state index contributed by atoms with van der Waals surface area (Å²) >= 11 is 0. The zero-order chi connectivity index (χ0) is 20.3. The van der Waals surface area contributed by atoms with Crippen molar-refractivity contribution in [1.29, 1.82) is 0 Å². The fourth-order valence-corrected chi connectivity index (χ4v) is 5.66. The molecule has 1 aromatic carbocycles. The van der Waals surface area contributed by atoms with Gasteiger partial charge in [0, 0.05) is 18.5 Å². The van der Waals surface area contributed by atoms with E-state index < -0.39 is 0 Å². The van der Waals surface area contributed by atoms with Crippen molar-refractivity contribution in [3.05, 3.63) is 41.7 Å². The average Bonchev–Trinajstić information content (AvgIpc) is 2.81. The fraction of sp³-hybridized carbons (Fsp3) is 0.640. The maximum Gasteiger partial charge on any atom is 0.228 e. The molecule has 0 N–H and O–H groups in total. The molecule has 1 aromatic rings. The van der Waals surface area contributed by atoms with Gasteiger partial charge in [0.25, 0.3) is 0 Å². The average molecular weight is 400 g/mol. The zero-order valence-corrected chi connectivity index (χ0v) is 17.7. The summed E-state index contributed by atoms with van der Waals surface area (Å²) in [5, 5.41) is 0. The van der Waals surface area contributed by atoms with Gasteiger partial charge in [-0.15, -0.1) is 0 Å². The lowest BCUT2D eigenvalue weighted by Gasteiger charge is -2.54. The summed E-state index contributed by atoms with van der Waals surface area (Å²) in [6.07, 6.45) is 11.3. The molecular weight excluding hydrogens is 365 g/mol. The highest BCUT2D eigenvalue weighted by Gasteiger charge is 2.53. The summed E-state index contributed by atoms with van der Waals surface area (Å²) in [6, 6.07) is 8.41. The Labute approximate surface area is 174 Å². The Morgan fingerprint density at radius 3 is 2.21 bits per heavy atom. The number of halogens is 1. The third-order valence-corrected chi connectivity index (χ3v) is 7.84. The summed E-state index contributed by atoms with van der Waals surface area (Å²) in [5.74, 6) is 1.24. The number of hydrogen-bond donors (Lipinski definition) is 0. The highest BCUT2D eigenvalue weighted by Crippen LogP contribution is 2.58. The van der Waals surface area contributed by atoms with E-state index in [4.69, 9.17) is 4.74 Å². The molecule has 29 heavy (non-hydrogen) atoms. The van der Waals surface area contributed by atoms with E-state index in [1.165, 1.54) is 24.8 Å². The van der Waals surface area contributed by atoms with Gasteiger partial charge in [0.15, 0.2) is 0 Å². The summed E-state index contributed by atoms with van der Waals surface area (Å²) in [5.41, 5.74) is 2.18. The summed E-state index contributed by atoms with van der Waals surface area (Å²) in [7, 11) is 0. The van der Waals surface area contributed by atoms with Crippen molar-refractivity contribution in [2.75, 3.05) is 19.7 Å². The van der Waals surface area contributed by atoms with Crippen LogP contribution in [0.1, 0.15) is 76.7 Å². The molecule has 0 unspecified atom stereocenters. The van der Waals surface area contributed by atoms with E-state index in [1.54, 1.807) is 0 Å². The van der Waals surface area contributed by atoms with Crippen LogP contribution < -0.4 is 4.74 Å². The van der Waals surface area contributed by atoms with Gasteiger partial charge >= 0.3 is 0 Å². The van der Waals surface area contributed by atoms with E-state index in [9.17, 15) is 9.18 Å². The number of amides is 1. The van der Waals surface area contributed by atoms with E-state index in [0.717, 1.165) is 57.4 Å². The van der Waals surface area contributed by atoms with Crippen LogP contribution in [0.3, 0.4) is 0 Å². The predicted molar refractivity (Wildman–Crippen MR) is 114 cm³/mol. The van der Waals surface area contributed by atoms with Crippen LogP contribution >= 0.6 is 0 Å². The van der Waals surface area contributed by atoms with Crippen LogP contribution in [-0.2, 0) is 10.2 Å². The van der Waals surface area contributed by atoms with Crippen molar-refractivity contribution in [1.82, 2.24) is 4.90 Å². The lowest BCUT2D eigenvalue weighted by molar-refractivity contribution is -0.150. The zero-order valence-electron chi connectivity index (χ0n) is 17.7. The number of nitrogens with zero attached hydrogens (tertiary/aromatic N) is 1. The van der Waals surface area contributed by atoms with E-state index in [0.29, 0.717) is 30.8 Å². The van der Waals surface area contributed by atoms with Gasteiger partial charge in [-0.3, -0.25) is 4.79 Å². The Balaban J connectivity index is 1.40. The number of piperidine rings is 1. The third kappa shape index (κ3) is 3.95. The predicted octanol–water partition coefficient (Wildman–Crippen LogP) is 5.93. The van der Waals surface area contributed by atoms with Crippen molar-refractivity contribution in [2.24, 2.45) is 5.41 Å². The number of carbonyl (C=O) groups is 1. The smallest absolute Gasteiger partial charge is 0.228 e. The van der Waals surface area contributed by atoms with Crippen molar-refractivity contribution in [2.45, 2.75) is 76.5 Å². The number of fused-ring (bicyclic) bond motifs is 3. The molecule has 0 radical (unpaired) electrons. The van der Waals surface area contributed by atoms with Gasteiger partial charge in [-0.05, 0) is 92.9 Å². The number of hydrogen-bond acceptors (Lipinski definition) is 2. The topological polar surface area (TPSA) is 29.5 Å². The van der Waals surface area contributed by atoms with Crippen molar-refractivity contribution in [3.8, 4) is 5.75 Å². The van der Waals surface area contributed by atoms with Crippen molar-refractivity contribution < 1.29 is 13.9 Å². The van der Waals surface area contributed by atoms with Crippen molar-refractivity contribution >= 4 is 5.91 Å². The highest BCUT2D eigenvalue weighted by atomic mass is 19.1. The third-order valence-electron chi connectivity index (χ3n) is 7.84. The van der Waals surface area contributed by atoms with E-state index in [2.05, 4.69) is 17.0 Å². The summed E-state index contributed by atoms with van der Waals surface area (Å²) in [6.45, 7) is 4.16. The van der Waals surface area contributed by atoms with Gasteiger partial charge in [-0.2, -0.15) is 0 Å². The van der Waals surface area contributed by atoms with Crippen LogP contribution in [0.5, 0.6) is 5.75 Å². The summed E-state index contributed by atoms with van der Waals surface area (Å²) < 4.78 is 18.4. The Morgan fingerprint density at radius 2 is 1.66 bits per heavy atom. The van der Waals surface area contributed by atoms with Gasteiger partial charge < -0.3 is 9.64 Å². The number of carbonyl (C=O) groups excluding carboxylic acids is 1. The highest BCUT2D eigenvalue weighted by molar-refractivity contribution is 5.83. The molecule has 4 aliphatic rings. The molecule has 0 atom stereocenters. The molecule has 1 amide bonds. The standard InChI is InChI=1S/C25H34FNO2/c1-2-20(18-26)19-29-22-8-6-21(7-9-22)24-10-13-25(14-11-24,15-12-24)23(28)27-16-4-3-5-17-27/h6-9,18H,2-5,10-17,19H2,1H3/b20-18+. The molecule has 5 rings (SSSR count). The second-order valence-electron chi connectivity index (χ2n) is 9.35. The minimum Gasteiger partial charge on any atom is -0.489 e. The number of rotatable bonds is 6. The van der Waals surface area contributed by atoms with Crippen LogP contribution in [0, 0.1) is 5.41 Å². The molecule has 0 spiro atoms. The number of benzene rings is 1. The maximum atomic E-state index is 13.3. The normalized spacial score (nSPS) is 29.7. The molecular formula is C25H34FNO2. The van der Waals surface area contributed by atoms with E-state index in [-0.39, 0.29) is 10.8 Å². The van der Waals surface area contributed by atoms with E-state index >= 15 is 0 Å². The second-order valence-corrected chi connectivity index (χ2v) is 9.35. The van der Waals surface area contributed by atoms with E-state index in [1.807, 2.05) is 19.1 Å². The van der Waals surface area contributed by atoms with Crippen LogP contribution in [-0.4, -0.2) is 30.5 Å². The number of ether oxygens (including phenoxy) is 1. The van der Waals surface area contributed by atoms with Crippen molar-refractivity contribution in [3.63, 3.8) is 0 Å². The number of likely N-dealkylation sites (tertiary alicyclic amines) is 1. The lowest BCUT2D eigenvalue weighted by atomic mass is 9.51. The molecule has 3 aliphatic carbocycles. The Kier molecular flexibility index (Phi) is 5.98. The largest absolute Gasteiger partial charge is 0.489 e. The molecule has 0 aromatic heterocycles. The first-order valence-electron chi connectivity index (χ1n) is 11.4. The maximum absolute atomic E-state index is 13.3. The Hall–Kier alpha value is -1.84. The monoisotopic (exact) mass is 399 g/mol. The molecule has 158 valence electrons. The van der Waals surface area contributed by atoms with Gasteiger partial charge in [-0.1, -0.05) is 19.1 Å². The lowest BCUT2D eigenvalue weighted by Crippen LogP contribution is -2.53. The van der Waals surface area contributed by atoms with Gasteiger partial charge in [0.05, 0.1) is 6.33 Å². The van der Waals surface area contributed by atoms with Gasteiger partial charge in [0.1, 0.15) is 12.4 Å². The molecule has 1 heterocycles. The second kappa shape index (κ2) is 8.49. The minimum absolute atomic E-state index is 0.0859. The SMILES string of the molecule is CC/C(=C\F)COc1ccc(C23CCC(C(=O)N4CCCCC4)(CC2)CC3)cc1. The Morgan fingerprint density at radius 1 is 1.03 bits per heavy atom. The molecule has 1 saturated heterocycles. The first kappa shape index (κ1) is 20.4. The molecule has 3 saturated carbocycles. The quantitative estimate of drug-likeness (QED) is 0.593. The van der Waals surface area contributed by atoms with Gasteiger partial charge in [0.2, 0.25) is 5.91 Å². The molecule has 4 heteroatoms. The minimum atomic E-state index is -0.0859. The molecule has 4 fully saturated rings. The van der Waals surface area contributed by atoms with Crippen LogP contribution in [0.15, 0.2) is 36.2 Å². The van der Waals surface area contributed by atoms with Crippen LogP contribution in [0.2, 0.25) is 0 Å². The van der Waals surface area contributed by atoms with Crippen LogP contribution in [0.4, 0.5) is 4.39 Å². The first-order valence-corrected chi connectivity index (χ1v) is 11.4. The first-order chi connectivity index (χ1) is 14.1. The fourth-order valence-electron chi connectivity index (χ4n) is 5.66. The Bertz CT molecular complexity index is 724. The van der Waals surface area contributed by atoms with Gasteiger partial charge in [-0.25, -0.2) is 4.39 Å². The summed E-state index contributed by atoms with van der Waals surface area (Å²) in [4.78, 5) is 15.4.